The van der Waals surface area contributed by atoms with Gasteiger partial charge in [0.25, 0.3) is 0 Å². The summed E-state index contributed by atoms with van der Waals surface area (Å²) in [5.74, 6) is 0. The Bertz CT molecular complexity index is 107. The number of hydroxylamine groups is 1. The van der Waals surface area contributed by atoms with Crippen LogP contribution in [0.5, 0.6) is 0 Å². The van der Waals surface area contributed by atoms with E-state index in [2.05, 4.69) is 15.6 Å². The second-order valence-electron chi connectivity index (χ2n) is 1.66. The zero-order chi connectivity index (χ0) is 7.98. The van der Waals surface area contributed by atoms with Gasteiger partial charge in [0.15, 0.2) is 0 Å². The lowest BCUT2D eigenvalue weighted by Gasteiger charge is -2.10. The standard InChI is InChI=1S/C5H12N2O3/c1-4(9-2)6-5(8)7-10-3/h4H,1-3H3,(H2,6,7,8). The fourth-order valence-electron chi connectivity index (χ4n) is 0.366. The van der Waals surface area contributed by atoms with Gasteiger partial charge in [-0.15, -0.1) is 0 Å². The van der Waals surface area contributed by atoms with Crippen molar-refractivity contribution < 1.29 is 14.4 Å². The van der Waals surface area contributed by atoms with Gasteiger partial charge in [0.2, 0.25) is 0 Å². The van der Waals surface area contributed by atoms with Gasteiger partial charge in [-0.25, -0.2) is 10.3 Å². The molecule has 0 radical (unpaired) electrons. The smallest absolute Gasteiger partial charge is 0.340 e. The third-order valence-electron chi connectivity index (χ3n) is 0.883. The molecule has 0 saturated carbocycles. The fraction of sp³-hybridized carbons (Fsp3) is 0.800. The Kier molecular flexibility index (Phi) is 4.61. The van der Waals surface area contributed by atoms with Crippen LogP contribution < -0.4 is 10.8 Å². The highest BCUT2D eigenvalue weighted by atomic mass is 16.6. The number of methoxy groups -OCH3 is 1. The molecular formula is C5H12N2O3. The highest BCUT2D eigenvalue weighted by Gasteiger charge is 2.02. The molecule has 0 aromatic rings. The topological polar surface area (TPSA) is 59.6 Å². The third-order valence-corrected chi connectivity index (χ3v) is 0.883. The molecule has 0 aliphatic carbocycles. The largest absolute Gasteiger partial charge is 0.362 e. The minimum Gasteiger partial charge on any atom is -0.362 e. The number of amides is 2. The molecule has 0 aliphatic rings. The molecule has 0 rings (SSSR count). The number of ether oxygens (including phenoxy) is 1. The summed E-state index contributed by atoms with van der Waals surface area (Å²) in [6.07, 6.45) is -0.310. The van der Waals surface area contributed by atoms with Crippen molar-refractivity contribution in [3.8, 4) is 0 Å². The molecule has 0 heterocycles. The number of rotatable bonds is 3. The maximum absolute atomic E-state index is 10.6. The SMILES string of the molecule is CONC(=O)NC(C)OC. The van der Waals surface area contributed by atoms with Gasteiger partial charge in [-0.1, -0.05) is 0 Å². The van der Waals surface area contributed by atoms with Crippen LogP contribution in [0, 0.1) is 0 Å². The van der Waals surface area contributed by atoms with Gasteiger partial charge >= 0.3 is 6.03 Å². The van der Waals surface area contributed by atoms with Gasteiger partial charge < -0.3 is 10.1 Å². The molecular weight excluding hydrogens is 136 g/mol. The van der Waals surface area contributed by atoms with Gasteiger partial charge in [-0.3, -0.25) is 4.84 Å². The normalized spacial score (nSPS) is 12.3. The molecule has 5 nitrogen and oxygen atoms in total. The molecule has 2 N–H and O–H groups in total. The second kappa shape index (κ2) is 5.01. The molecule has 2 amide bonds. The lowest BCUT2D eigenvalue weighted by Crippen LogP contribution is -2.40. The number of hydrogen-bond donors (Lipinski definition) is 2. The number of hydrogen-bond acceptors (Lipinski definition) is 3. The van der Waals surface area contributed by atoms with E-state index in [4.69, 9.17) is 4.74 Å². The summed E-state index contributed by atoms with van der Waals surface area (Å²) in [5, 5.41) is 2.43. The predicted molar refractivity (Wildman–Crippen MR) is 35.1 cm³/mol. The maximum Gasteiger partial charge on any atom is 0.340 e. The summed E-state index contributed by atoms with van der Waals surface area (Å²) in [6, 6.07) is -0.420. The first kappa shape index (κ1) is 9.19. The zero-order valence-corrected chi connectivity index (χ0v) is 6.30. The molecule has 0 fully saturated rings. The Labute approximate surface area is 59.6 Å². The van der Waals surface area contributed by atoms with Crippen LogP contribution in [0.3, 0.4) is 0 Å². The van der Waals surface area contributed by atoms with Gasteiger partial charge in [-0.2, -0.15) is 0 Å². The van der Waals surface area contributed by atoms with Crippen LogP contribution in [0.25, 0.3) is 0 Å². The van der Waals surface area contributed by atoms with E-state index in [1.165, 1.54) is 14.2 Å². The minimum absolute atomic E-state index is 0.310. The molecule has 1 atom stereocenters. The number of carbonyl (C=O) groups is 1. The first-order valence-electron chi connectivity index (χ1n) is 2.83. The molecule has 10 heavy (non-hydrogen) atoms. The average molecular weight is 148 g/mol. The van der Waals surface area contributed by atoms with Gasteiger partial charge in [0.05, 0.1) is 7.11 Å². The summed E-state index contributed by atoms with van der Waals surface area (Å²) in [4.78, 5) is 14.9. The molecule has 0 bridgehead atoms. The molecule has 60 valence electrons. The third kappa shape index (κ3) is 4.11. The van der Waals surface area contributed by atoms with Gasteiger partial charge in [-0.05, 0) is 6.92 Å². The fourth-order valence-corrected chi connectivity index (χ4v) is 0.366. The van der Waals surface area contributed by atoms with Crippen LogP contribution in [-0.4, -0.2) is 26.5 Å². The van der Waals surface area contributed by atoms with E-state index in [0.29, 0.717) is 0 Å². The summed E-state index contributed by atoms with van der Waals surface area (Å²) < 4.78 is 4.74. The van der Waals surface area contributed by atoms with Crippen LogP contribution >= 0.6 is 0 Å². The van der Waals surface area contributed by atoms with Crippen LogP contribution in [0.1, 0.15) is 6.92 Å². The maximum atomic E-state index is 10.6. The van der Waals surface area contributed by atoms with Crippen molar-refractivity contribution in [1.29, 1.82) is 0 Å². The molecule has 0 aliphatic heterocycles. The van der Waals surface area contributed by atoms with Crippen LogP contribution in [0.15, 0.2) is 0 Å². The molecule has 1 unspecified atom stereocenters. The predicted octanol–water partition coefficient (Wildman–Crippen LogP) is -0.161. The summed E-state index contributed by atoms with van der Waals surface area (Å²) in [5.41, 5.74) is 2.08. The second-order valence-corrected chi connectivity index (χ2v) is 1.66. The van der Waals surface area contributed by atoms with Crippen molar-refractivity contribution in [2.24, 2.45) is 0 Å². The zero-order valence-electron chi connectivity index (χ0n) is 6.30. The van der Waals surface area contributed by atoms with Crippen LogP contribution in [0.4, 0.5) is 4.79 Å². The highest BCUT2D eigenvalue weighted by molar-refractivity contribution is 5.72. The van der Waals surface area contributed by atoms with Crippen molar-refractivity contribution in [2.45, 2.75) is 13.2 Å². The van der Waals surface area contributed by atoms with Crippen LogP contribution in [0.2, 0.25) is 0 Å². The van der Waals surface area contributed by atoms with E-state index in [0.717, 1.165) is 0 Å². The Hall–Kier alpha value is -0.810. The molecule has 0 aromatic carbocycles. The van der Waals surface area contributed by atoms with Crippen LogP contribution in [-0.2, 0) is 9.57 Å². The van der Waals surface area contributed by atoms with E-state index in [1.54, 1.807) is 6.92 Å². The summed E-state index contributed by atoms with van der Waals surface area (Å²) in [6.45, 7) is 1.70. The van der Waals surface area contributed by atoms with Crippen molar-refractivity contribution in [2.75, 3.05) is 14.2 Å². The summed E-state index contributed by atoms with van der Waals surface area (Å²) in [7, 11) is 2.86. The summed E-state index contributed by atoms with van der Waals surface area (Å²) >= 11 is 0. The van der Waals surface area contributed by atoms with Crippen molar-refractivity contribution in [3.63, 3.8) is 0 Å². The molecule has 0 saturated heterocycles. The van der Waals surface area contributed by atoms with Crippen molar-refractivity contribution >= 4 is 6.03 Å². The average Bonchev–Trinajstić information content (AvgIpc) is 1.88. The number of carbonyl (C=O) groups excluding carboxylic acids is 1. The first-order valence-corrected chi connectivity index (χ1v) is 2.83. The Balaban J connectivity index is 3.37. The Morgan fingerprint density at radius 1 is 1.50 bits per heavy atom. The van der Waals surface area contributed by atoms with E-state index >= 15 is 0 Å². The number of nitrogens with one attached hydrogen (secondary N) is 2. The minimum atomic E-state index is -0.420. The van der Waals surface area contributed by atoms with E-state index in [-0.39, 0.29) is 6.23 Å². The van der Waals surface area contributed by atoms with Gasteiger partial charge in [0.1, 0.15) is 6.23 Å². The van der Waals surface area contributed by atoms with E-state index in [9.17, 15) is 4.79 Å². The van der Waals surface area contributed by atoms with Gasteiger partial charge in [0, 0.05) is 7.11 Å². The van der Waals surface area contributed by atoms with Crippen molar-refractivity contribution in [1.82, 2.24) is 10.8 Å². The number of urea groups is 1. The first-order chi connectivity index (χ1) is 4.70. The van der Waals surface area contributed by atoms with E-state index in [1.807, 2.05) is 0 Å². The lowest BCUT2D eigenvalue weighted by atomic mass is 10.6. The monoisotopic (exact) mass is 148 g/mol. The highest BCUT2D eigenvalue weighted by Crippen LogP contribution is 1.79. The quantitative estimate of drug-likeness (QED) is 0.432. The lowest BCUT2D eigenvalue weighted by molar-refractivity contribution is 0.0715. The molecule has 5 heteroatoms. The van der Waals surface area contributed by atoms with Crippen molar-refractivity contribution in [3.05, 3.63) is 0 Å². The molecule has 0 spiro atoms. The van der Waals surface area contributed by atoms with E-state index < -0.39 is 6.03 Å². The Morgan fingerprint density at radius 3 is 2.50 bits per heavy atom. The molecule has 0 aromatic heterocycles. The Morgan fingerprint density at radius 2 is 2.10 bits per heavy atom.